The van der Waals surface area contributed by atoms with Crippen LogP contribution in [0.3, 0.4) is 0 Å². The predicted octanol–water partition coefficient (Wildman–Crippen LogP) is 2.10. The van der Waals surface area contributed by atoms with E-state index in [4.69, 9.17) is 4.74 Å². The Bertz CT molecular complexity index is 491. The molecule has 1 aliphatic heterocycles. The predicted molar refractivity (Wildman–Crippen MR) is 84.7 cm³/mol. The highest BCUT2D eigenvalue weighted by atomic mass is 16.5. The maximum Gasteiger partial charge on any atom is 0.258 e. The lowest BCUT2D eigenvalue weighted by molar-refractivity contribution is -0.124. The summed E-state index contributed by atoms with van der Waals surface area (Å²) in [4.78, 5) is 12.1. The van der Waals surface area contributed by atoms with Crippen LogP contribution in [0.25, 0.3) is 0 Å². The molecular formula is C17H26N2O2. The number of ether oxygens (including phenoxy) is 1. The van der Waals surface area contributed by atoms with E-state index >= 15 is 0 Å². The lowest BCUT2D eigenvalue weighted by atomic mass is 9.95. The molecule has 2 rings (SSSR count). The molecule has 0 aromatic heterocycles. The maximum absolute atomic E-state index is 12.1. The van der Waals surface area contributed by atoms with Crippen molar-refractivity contribution >= 4 is 5.91 Å². The highest BCUT2D eigenvalue weighted by molar-refractivity contribution is 5.78. The van der Waals surface area contributed by atoms with E-state index < -0.39 is 0 Å². The summed E-state index contributed by atoms with van der Waals surface area (Å²) in [5.41, 5.74) is 3.37. The number of hydrogen-bond acceptors (Lipinski definition) is 3. The Morgan fingerprint density at radius 2 is 2.00 bits per heavy atom. The smallest absolute Gasteiger partial charge is 0.258 e. The van der Waals surface area contributed by atoms with E-state index in [0.29, 0.717) is 5.92 Å². The fraction of sp³-hybridized carbons (Fsp3) is 0.588. The quantitative estimate of drug-likeness (QED) is 0.893. The van der Waals surface area contributed by atoms with Gasteiger partial charge in [-0.2, -0.15) is 0 Å². The van der Waals surface area contributed by atoms with E-state index in [1.54, 1.807) is 0 Å². The number of carbonyl (C=O) groups excluding carboxylic acids is 1. The number of aryl methyl sites for hydroxylation is 3. The second-order valence-corrected chi connectivity index (χ2v) is 6.16. The van der Waals surface area contributed by atoms with Gasteiger partial charge in [-0.3, -0.25) is 4.79 Å². The molecule has 0 radical (unpaired) electrons. The van der Waals surface area contributed by atoms with Gasteiger partial charge in [0.15, 0.2) is 6.61 Å². The van der Waals surface area contributed by atoms with E-state index in [1.807, 2.05) is 13.8 Å². The average Bonchev–Trinajstić information content (AvgIpc) is 2.40. The molecule has 1 heterocycles. The second kappa shape index (κ2) is 6.94. The zero-order valence-electron chi connectivity index (χ0n) is 13.5. The van der Waals surface area contributed by atoms with Crippen molar-refractivity contribution in [2.45, 2.75) is 40.2 Å². The third-order valence-electron chi connectivity index (χ3n) is 4.13. The van der Waals surface area contributed by atoms with Crippen molar-refractivity contribution in [3.8, 4) is 5.75 Å². The molecule has 4 nitrogen and oxygen atoms in total. The van der Waals surface area contributed by atoms with E-state index in [2.05, 4.69) is 36.6 Å². The van der Waals surface area contributed by atoms with E-state index in [0.717, 1.165) is 36.4 Å². The Hall–Kier alpha value is -1.55. The lowest BCUT2D eigenvalue weighted by Gasteiger charge is -2.30. The summed E-state index contributed by atoms with van der Waals surface area (Å²) in [7, 11) is 0. The van der Waals surface area contributed by atoms with Crippen LogP contribution in [0.5, 0.6) is 5.75 Å². The molecule has 0 spiro atoms. The summed E-state index contributed by atoms with van der Waals surface area (Å²) in [5.74, 6) is 1.29. The third-order valence-corrected chi connectivity index (χ3v) is 4.13. The minimum Gasteiger partial charge on any atom is -0.483 e. The molecule has 1 aromatic carbocycles. The number of carbonyl (C=O) groups is 1. The summed E-state index contributed by atoms with van der Waals surface area (Å²) >= 11 is 0. The van der Waals surface area contributed by atoms with Crippen LogP contribution in [0.2, 0.25) is 0 Å². The van der Waals surface area contributed by atoms with Crippen molar-refractivity contribution in [3.05, 3.63) is 28.8 Å². The van der Waals surface area contributed by atoms with E-state index in [-0.39, 0.29) is 18.6 Å². The van der Waals surface area contributed by atoms with Gasteiger partial charge in [0.05, 0.1) is 0 Å². The standard InChI is InChI=1S/C17H26N2O2/c1-11-7-13(3)17(14(4)8-11)21-10-16(20)19-15-9-18-6-5-12(15)2/h7-8,12,15,18H,5-6,9-10H2,1-4H3,(H,19,20). The fourth-order valence-corrected chi connectivity index (χ4v) is 2.96. The first kappa shape index (κ1) is 15.8. The first-order valence-corrected chi connectivity index (χ1v) is 7.68. The monoisotopic (exact) mass is 290 g/mol. The molecular weight excluding hydrogens is 264 g/mol. The Balaban J connectivity index is 1.89. The minimum absolute atomic E-state index is 0.0464. The number of hydrogen-bond donors (Lipinski definition) is 2. The highest BCUT2D eigenvalue weighted by Crippen LogP contribution is 2.24. The number of rotatable bonds is 4. The zero-order chi connectivity index (χ0) is 15.4. The third kappa shape index (κ3) is 4.21. The van der Waals surface area contributed by atoms with Crippen LogP contribution >= 0.6 is 0 Å². The Kier molecular flexibility index (Phi) is 5.23. The van der Waals surface area contributed by atoms with Gasteiger partial charge in [0.2, 0.25) is 0 Å². The van der Waals surface area contributed by atoms with Gasteiger partial charge in [-0.1, -0.05) is 24.6 Å². The summed E-state index contributed by atoms with van der Waals surface area (Å²) < 4.78 is 5.73. The summed E-state index contributed by atoms with van der Waals surface area (Å²) in [6.45, 7) is 10.2. The van der Waals surface area contributed by atoms with Crippen molar-refractivity contribution < 1.29 is 9.53 Å². The zero-order valence-corrected chi connectivity index (χ0v) is 13.5. The highest BCUT2D eigenvalue weighted by Gasteiger charge is 2.22. The fourth-order valence-electron chi connectivity index (χ4n) is 2.96. The van der Waals surface area contributed by atoms with Gasteiger partial charge in [-0.05, 0) is 50.8 Å². The van der Waals surface area contributed by atoms with Crippen LogP contribution in [-0.2, 0) is 4.79 Å². The van der Waals surface area contributed by atoms with Crippen LogP contribution in [-0.4, -0.2) is 31.6 Å². The van der Waals surface area contributed by atoms with Gasteiger partial charge >= 0.3 is 0 Å². The van der Waals surface area contributed by atoms with Gasteiger partial charge < -0.3 is 15.4 Å². The first-order chi connectivity index (χ1) is 9.97. The van der Waals surface area contributed by atoms with Crippen LogP contribution in [0.4, 0.5) is 0 Å². The molecule has 1 amide bonds. The first-order valence-electron chi connectivity index (χ1n) is 7.68. The van der Waals surface area contributed by atoms with E-state index in [1.165, 1.54) is 5.56 Å². The van der Waals surface area contributed by atoms with Gasteiger partial charge in [0, 0.05) is 12.6 Å². The summed E-state index contributed by atoms with van der Waals surface area (Å²) in [6, 6.07) is 4.36. The molecule has 0 bridgehead atoms. The normalized spacial score (nSPS) is 21.9. The molecule has 1 aromatic rings. The van der Waals surface area contributed by atoms with Gasteiger partial charge in [-0.25, -0.2) is 0 Å². The van der Waals surface area contributed by atoms with Crippen LogP contribution < -0.4 is 15.4 Å². The van der Waals surface area contributed by atoms with Crippen LogP contribution in [0.15, 0.2) is 12.1 Å². The minimum atomic E-state index is -0.0464. The molecule has 0 saturated carbocycles. The van der Waals surface area contributed by atoms with Crippen LogP contribution in [0, 0.1) is 26.7 Å². The molecule has 116 valence electrons. The molecule has 21 heavy (non-hydrogen) atoms. The molecule has 0 aliphatic carbocycles. The van der Waals surface area contributed by atoms with Crippen molar-refractivity contribution in [2.75, 3.05) is 19.7 Å². The largest absolute Gasteiger partial charge is 0.483 e. The molecule has 1 saturated heterocycles. The Morgan fingerprint density at radius 3 is 2.62 bits per heavy atom. The van der Waals surface area contributed by atoms with Crippen molar-refractivity contribution in [1.29, 1.82) is 0 Å². The maximum atomic E-state index is 12.1. The SMILES string of the molecule is Cc1cc(C)c(OCC(=O)NC2CNCCC2C)c(C)c1. The average molecular weight is 290 g/mol. The molecule has 1 aliphatic rings. The van der Waals surface area contributed by atoms with E-state index in [9.17, 15) is 4.79 Å². The Morgan fingerprint density at radius 1 is 1.33 bits per heavy atom. The summed E-state index contributed by atoms with van der Waals surface area (Å²) in [5, 5.41) is 6.38. The molecule has 2 atom stereocenters. The van der Waals surface area contributed by atoms with Crippen molar-refractivity contribution in [1.82, 2.24) is 10.6 Å². The van der Waals surface area contributed by atoms with Crippen molar-refractivity contribution in [2.24, 2.45) is 5.92 Å². The van der Waals surface area contributed by atoms with Crippen molar-refractivity contribution in [3.63, 3.8) is 0 Å². The molecule has 4 heteroatoms. The van der Waals surface area contributed by atoms with Gasteiger partial charge in [0.25, 0.3) is 5.91 Å². The molecule has 1 fully saturated rings. The second-order valence-electron chi connectivity index (χ2n) is 6.16. The number of benzene rings is 1. The van der Waals surface area contributed by atoms with Gasteiger partial charge in [0.1, 0.15) is 5.75 Å². The number of amides is 1. The van der Waals surface area contributed by atoms with Crippen LogP contribution in [0.1, 0.15) is 30.0 Å². The topological polar surface area (TPSA) is 50.4 Å². The van der Waals surface area contributed by atoms with Gasteiger partial charge in [-0.15, -0.1) is 0 Å². The molecule has 2 unspecified atom stereocenters. The number of nitrogens with one attached hydrogen (secondary N) is 2. The summed E-state index contributed by atoms with van der Waals surface area (Å²) in [6.07, 6.45) is 1.10. The number of piperidine rings is 1. The lowest BCUT2D eigenvalue weighted by Crippen LogP contribution is -2.51. The Labute approximate surface area is 127 Å². The molecule has 2 N–H and O–H groups in total.